The van der Waals surface area contributed by atoms with Gasteiger partial charge in [0.2, 0.25) is 0 Å². The molecule has 0 spiro atoms. The summed E-state index contributed by atoms with van der Waals surface area (Å²) in [4.78, 5) is 0. The molecule has 2 rings (SSSR count). The first-order chi connectivity index (χ1) is 7.85. The monoisotopic (exact) mass is 214 g/mol. The van der Waals surface area contributed by atoms with Crippen molar-refractivity contribution < 1.29 is 4.39 Å². The van der Waals surface area contributed by atoms with Crippen LogP contribution in [0.3, 0.4) is 0 Å². The van der Waals surface area contributed by atoms with Gasteiger partial charge in [0, 0.05) is 6.42 Å². The van der Waals surface area contributed by atoms with Gasteiger partial charge in [-0.15, -0.1) is 6.58 Å². The first-order valence-electron chi connectivity index (χ1n) is 5.52. The van der Waals surface area contributed by atoms with Crippen LogP contribution in [0.5, 0.6) is 0 Å². The highest BCUT2D eigenvalue weighted by Gasteiger charge is 2.02. The summed E-state index contributed by atoms with van der Waals surface area (Å²) in [5.74, 6) is 0. The van der Waals surface area contributed by atoms with Crippen LogP contribution in [0.2, 0.25) is 0 Å². The van der Waals surface area contributed by atoms with Gasteiger partial charge in [-0.1, -0.05) is 42.5 Å². The zero-order valence-electron chi connectivity index (χ0n) is 9.25. The zero-order valence-corrected chi connectivity index (χ0v) is 9.25. The van der Waals surface area contributed by atoms with E-state index in [1.807, 2.05) is 18.2 Å². The van der Waals surface area contributed by atoms with Gasteiger partial charge in [0.15, 0.2) is 0 Å². The van der Waals surface area contributed by atoms with Crippen LogP contribution in [0.1, 0.15) is 11.1 Å². The Kier molecular flexibility index (Phi) is 3.35. The lowest BCUT2D eigenvalue weighted by molar-refractivity contribution is 0.495. The Hall–Kier alpha value is -1.63. The molecule has 0 radical (unpaired) electrons. The number of aryl methyl sites for hydroxylation is 1. The van der Waals surface area contributed by atoms with Crippen LogP contribution in [0.15, 0.2) is 49.1 Å². The molecule has 0 unspecified atom stereocenters. The topological polar surface area (TPSA) is 0 Å². The van der Waals surface area contributed by atoms with Crippen molar-refractivity contribution in [2.45, 2.75) is 12.8 Å². The molecular formula is C15H15F. The summed E-state index contributed by atoms with van der Waals surface area (Å²) in [5, 5.41) is 2.43. The Balaban J connectivity index is 2.58. The van der Waals surface area contributed by atoms with Gasteiger partial charge in [-0.25, -0.2) is 0 Å². The fraction of sp³-hybridized carbons (Fsp3) is 0.200. The quantitative estimate of drug-likeness (QED) is 0.673. The normalized spacial score (nSPS) is 10.6. The maximum absolute atomic E-state index is 12.4. The fourth-order valence-corrected chi connectivity index (χ4v) is 2.04. The molecule has 0 aliphatic carbocycles. The third-order valence-electron chi connectivity index (χ3n) is 2.75. The minimum absolute atomic E-state index is 0.300. The van der Waals surface area contributed by atoms with Crippen molar-refractivity contribution in [2.24, 2.45) is 0 Å². The lowest BCUT2D eigenvalue weighted by Gasteiger charge is -2.07. The summed E-state index contributed by atoms with van der Waals surface area (Å²) < 4.78 is 12.4. The second-order valence-corrected chi connectivity index (χ2v) is 3.91. The van der Waals surface area contributed by atoms with Gasteiger partial charge in [0.05, 0.1) is 6.67 Å². The van der Waals surface area contributed by atoms with Crippen LogP contribution in [0, 0.1) is 0 Å². The van der Waals surface area contributed by atoms with Crippen LogP contribution in [0.25, 0.3) is 10.8 Å². The van der Waals surface area contributed by atoms with Crippen LogP contribution < -0.4 is 0 Å². The van der Waals surface area contributed by atoms with Crippen molar-refractivity contribution >= 4 is 10.8 Å². The molecule has 16 heavy (non-hydrogen) atoms. The molecule has 0 saturated carbocycles. The number of allylic oxidation sites excluding steroid dienone is 1. The van der Waals surface area contributed by atoms with Crippen molar-refractivity contribution in [3.63, 3.8) is 0 Å². The number of halogens is 1. The van der Waals surface area contributed by atoms with Crippen molar-refractivity contribution in [2.75, 3.05) is 6.67 Å². The second-order valence-electron chi connectivity index (χ2n) is 3.91. The van der Waals surface area contributed by atoms with Crippen LogP contribution in [0.4, 0.5) is 4.39 Å². The van der Waals surface area contributed by atoms with E-state index in [-0.39, 0.29) is 6.67 Å². The predicted molar refractivity (Wildman–Crippen MR) is 67.5 cm³/mol. The summed E-state index contributed by atoms with van der Waals surface area (Å²) in [5.41, 5.74) is 2.30. The Labute approximate surface area is 95.4 Å². The smallest absolute Gasteiger partial charge is 0.0934 e. The molecule has 0 nitrogen and oxygen atoms in total. The van der Waals surface area contributed by atoms with E-state index >= 15 is 0 Å². The number of hydrogen-bond acceptors (Lipinski definition) is 0. The minimum Gasteiger partial charge on any atom is -0.251 e. The first kappa shape index (κ1) is 10.9. The number of alkyl halides is 1. The molecule has 2 aromatic rings. The SMILES string of the molecule is C=CCc1cc(CCF)cc2ccccc12. The molecule has 0 atom stereocenters. The van der Waals surface area contributed by atoms with E-state index in [4.69, 9.17) is 0 Å². The number of rotatable bonds is 4. The van der Waals surface area contributed by atoms with Crippen molar-refractivity contribution in [3.8, 4) is 0 Å². The maximum Gasteiger partial charge on any atom is 0.0934 e. The third kappa shape index (κ3) is 2.13. The second kappa shape index (κ2) is 4.93. The third-order valence-corrected chi connectivity index (χ3v) is 2.75. The maximum atomic E-state index is 12.4. The molecule has 0 aromatic heterocycles. The molecule has 0 N–H and O–H groups in total. The number of benzene rings is 2. The van der Waals surface area contributed by atoms with Gasteiger partial charge in [0.25, 0.3) is 0 Å². The van der Waals surface area contributed by atoms with Gasteiger partial charge in [-0.2, -0.15) is 0 Å². The molecule has 0 amide bonds. The van der Waals surface area contributed by atoms with Gasteiger partial charge in [-0.05, 0) is 28.3 Å². The number of hydrogen-bond donors (Lipinski definition) is 0. The zero-order chi connectivity index (χ0) is 11.4. The average molecular weight is 214 g/mol. The predicted octanol–water partition coefficient (Wildman–Crippen LogP) is 4.08. The fourth-order valence-electron chi connectivity index (χ4n) is 2.04. The van der Waals surface area contributed by atoms with E-state index in [0.717, 1.165) is 12.0 Å². The Bertz CT molecular complexity index is 500. The van der Waals surface area contributed by atoms with E-state index in [9.17, 15) is 4.39 Å². The molecule has 0 fully saturated rings. The van der Waals surface area contributed by atoms with E-state index in [1.165, 1.54) is 16.3 Å². The summed E-state index contributed by atoms with van der Waals surface area (Å²) in [7, 11) is 0. The van der Waals surface area contributed by atoms with Gasteiger partial charge in [-0.3, -0.25) is 4.39 Å². The summed E-state index contributed by atoms with van der Waals surface area (Å²) in [6, 6.07) is 12.4. The molecule has 0 saturated heterocycles. The van der Waals surface area contributed by atoms with Gasteiger partial charge >= 0.3 is 0 Å². The molecule has 0 aliphatic heterocycles. The van der Waals surface area contributed by atoms with E-state index in [0.29, 0.717) is 6.42 Å². The lowest BCUT2D eigenvalue weighted by Crippen LogP contribution is -1.92. The summed E-state index contributed by atoms with van der Waals surface area (Å²) >= 11 is 0. The highest BCUT2D eigenvalue weighted by molar-refractivity contribution is 5.86. The summed E-state index contributed by atoms with van der Waals surface area (Å²) in [6.07, 6.45) is 3.22. The largest absolute Gasteiger partial charge is 0.251 e. The van der Waals surface area contributed by atoms with Gasteiger partial charge < -0.3 is 0 Å². The highest BCUT2D eigenvalue weighted by Crippen LogP contribution is 2.22. The van der Waals surface area contributed by atoms with Crippen molar-refractivity contribution in [1.29, 1.82) is 0 Å². The van der Waals surface area contributed by atoms with Crippen molar-refractivity contribution in [1.82, 2.24) is 0 Å². The molecule has 82 valence electrons. The molecule has 0 aliphatic rings. The molecule has 1 heteroatoms. The van der Waals surface area contributed by atoms with Crippen LogP contribution in [-0.2, 0) is 12.8 Å². The Morgan fingerprint density at radius 1 is 1.19 bits per heavy atom. The van der Waals surface area contributed by atoms with E-state index < -0.39 is 0 Å². The standard InChI is InChI=1S/C15H15F/c1-2-5-13-10-12(8-9-16)11-14-6-3-4-7-15(13)14/h2-4,6-7,10-11H,1,5,8-9H2. The molecule has 0 bridgehead atoms. The minimum atomic E-state index is -0.300. The average Bonchev–Trinajstić information content (AvgIpc) is 2.30. The van der Waals surface area contributed by atoms with Gasteiger partial charge in [0.1, 0.15) is 0 Å². The van der Waals surface area contributed by atoms with E-state index in [2.05, 4.69) is 30.8 Å². The molecule has 2 aromatic carbocycles. The Morgan fingerprint density at radius 2 is 2.00 bits per heavy atom. The Morgan fingerprint density at radius 3 is 2.75 bits per heavy atom. The molecule has 0 heterocycles. The first-order valence-corrected chi connectivity index (χ1v) is 5.52. The van der Waals surface area contributed by atoms with Crippen LogP contribution in [-0.4, -0.2) is 6.67 Å². The number of fused-ring (bicyclic) bond motifs is 1. The summed E-state index contributed by atoms with van der Waals surface area (Å²) in [6.45, 7) is 3.46. The van der Waals surface area contributed by atoms with Crippen molar-refractivity contribution in [3.05, 3.63) is 60.2 Å². The van der Waals surface area contributed by atoms with Crippen LogP contribution >= 0.6 is 0 Å². The molecular weight excluding hydrogens is 199 g/mol. The lowest BCUT2D eigenvalue weighted by atomic mass is 9.98. The van der Waals surface area contributed by atoms with E-state index in [1.54, 1.807) is 0 Å². The highest BCUT2D eigenvalue weighted by atomic mass is 19.1.